The molecule has 2 aromatic carbocycles. The average molecular weight is 421 g/mol. The molecular weight excluding hydrogens is 398 g/mol. The normalized spacial score (nSPS) is 16.2. The third-order valence-electron chi connectivity index (χ3n) is 4.74. The van der Waals surface area contributed by atoms with Crippen molar-refractivity contribution in [2.45, 2.75) is 17.9 Å². The molecule has 156 valence electrons. The van der Waals surface area contributed by atoms with Crippen LogP contribution in [-0.2, 0) is 14.8 Å². The lowest BCUT2D eigenvalue weighted by molar-refractivity contribution is -0.385. The number of sulfonamides is 1. The summed E-state index contributed by atoms with van der Waals surface area (Å²) in [5.74, 6) is 0.659. The Hall–Kier alpha value is -2.69. The van der Waals surface area contributed by atoms with Gasteiger partial charge in [-0.3, -0.25) is 10.1 Å². The number of anilines is 1. The zero-order chi connectivity index (χ0) is 21.0. The van der Waals surface area contributed by atoms with Crippen molar-refractivity contribution in [1.29, 1.82) is 0 Å². The standard InChI is InChI=1S/C19H23N3O6S/c1-14(16-5-3-4-6-18(16)27-2)20-17-8-7-15(22(23)24)13-19(17)29(25,26)21-9-11-28-12-10-21/h3-8,13-14,20H,9-12H2,1-2H3. The number of morpholine rings is 1. The number of para-hydroxylation sites is 1. The van der Waals surface area contributed by atoms with Crippen LogP contribution in [0.15, 0.2) is 47.4 Å². The Morgan fingerprint density at radius 2 is 1.90 bits per heavy atom. The van der Waals surface area contributed by atoms with E-state index in [1.807, 2.05) is 31.2 Å². The van der Waals surface area contributed by atoms with Crippen LogP contribution in [0.1, 0.15) is 18.5 Å². The van der Waals surface area contributed by atoms with Gasteiger partial charge in [-0.05, 0) is 19.1 Å². The predicted molar refractivity (Wildman–Crippen MR) is 108 cm³/mol. The van der Waals surface area contributed by atoms with Gasteiger partial charge in [0.05, 0.1) is 37.0 Å². The fraction of sp³-hybridized carbons (Fsp3) is 0.368. The summed E-state index contributed by atoms with van der Waals surface area (Å²) in [7, 11) is -2.38. The lowest BCUT2D eigenvalue weighted by Gasteiger charge is -2.27. The van der Waals surface area contributed by atoms with Crippen molar-refractivity contribution in [3.63, 3.8) is 0 Å². The topological polar surface area (TPSA) is 111 Å². The number of nitro benzene ring substituents is 1. The lowest BCUT2D eigenvalue weighted by atomic mass is 10.1. The Bertz CT molecular complexity index is 989. The number of non-ortho nitro benzene ring substituents is 1. The Balaban J connectivity index is 2.01. The van der Waals surface area contributed by atoms with E-state index in [4.69, 9.17) is 9.47 Å². The van der Waals surface area contributed by atoms with E-state index >= 15 is 0 Å². The molecular formula is C19H23N3O6S. The summed E-state index contributed by atoms with van der Waals surface area (Å²) in [6.45, 7) is 2.84. The maximum atomic E-state index is 13.2. The van der Waals surface area contributed by atoms with Crippen LogP contribution in [0.4, 0.5) is 11.4 Å². The van der Waals surface area contributed by atoms with Crippen LogP contribution in [0, 0.1) is 10.1 Å². The van der Waals surface area contributed by atoms with Crippen LogP contribution in [0.2, 0.25) is 0 Å². The van der Waals surface area contributed by atoms with Crippen molar-refractivity contribution in [2.75, 3.05) is 38.7 Å². The summed E-state index contributed by atoms with van der Waals surface area (Å²) >= 11 is 0. The highest BCUT2D eigenvalue weighted by Gasteiger charge is 2.31. The van der Waals surface area contributed by atoms with Crippen LogP contribution >= 0.6 is 0 Å². The van der Waals surface area contributed by atoms with Gasteiger partial charge in [0, 0.05) is 30.8 Å². The minimum atomic E-state index is -3.94. The molecule has 1 aliphatic heterocycles. The van der Waals surface area contributed by atoms with Gasteiger partial charge in [-0.15, -0.1) is 0 Å². The molecule has 0 bridgehead atoms. The first kappa shape index (κ1) is 21.0. The molecule has 10 heteroatoms. The van der Waals surface area contributed by atoms with E-state index in [0.29, 0.717) is 11.4 Å². The number of benzene rings is 2. The molecule has 0 radical (unpaired) electrons. The van der Waals surface area contributed by atoms with Gasteiger partial charge in [0.15, 0.2) is 0 Å². The summed E-state index contributed by atoms with van der Waals surface area (Å²) in [4.78, 5) is 10.5. The summed E-state index contributed by atoms with van der Waals surface area (Å²) < 4.78 is 38.3. The van der Waals surface area contributed by atoms with Crippen LogP contribution in [0.5, 0.6) is 5.75 Å². The maximum absolute atomic E-state index is 13.2. The molecule has 0 aliphatic carbocycles. The summed E-state index contributed by atoms with van der Waals surface area (Å²) in [6.07, 6.45) is 0. The van der Waals surface area contributed by atoms with E-state index in [-0.39, 0.29) is 42.9 Å². The summed E-state index contributed by atoms with van der Waals surface area (Å²) in [5, 5.41) is 14.4. The molecule has 1 fully saturated rings. The fourth-order valence-electron chi connectivity index (χ4n) is 3.22. The molecule has 1 aliphatic rings. The fourth-order valence-corrected chi connectivity index (χ4v) is 4.80. The minimum Gasteiger partial charge on any atom is -0.496 e. The summed E-state index contributed by atoms with van der Waals surface area (Å²) in [5.41, 5.74) is 0.843. The Morgan fingerprint density at radius 3 is 2.55 bits per heavy atom. The number of nitro groups is 1. The number of rotatable bonds is 7. The molecule has 3 rings (SSSR count). The van der Waals surface area contributed by atoms with Gasteiger partial charge >= 0.3 is 0 Å². The number of hydrogen-bond donors (Lipinski definition) is 1. The zero-order valence-electron chi connectivity index (χ0n) is 16.2. The van der Waals surface area contributed by atoms with Gasteiger partial charge in [-0.2, -0.15) is 4.31 Å². The molecule has 1 N–H and O–H groups in total. The second-order valence-corrected chi connectivity index (χ2v) is 8.47. The van der Waals surface area contributed by atoms with Crippen LogP contribution in [0.3, 0.4) is 0 Å². The third kappa shape index (κ3) is 4.50. The molecule has 9 nitrogen and oxygen atoms in total. The molecule has 29 heavy (non-hydrogen) atoms. The monoisotopic (exact) mass is 421 g/mol. The average Bonchev–Trinajstić information content (AvgIpc) is 2.74. The first-order valence-electron chi connectivity index (χ1n) is 9.10. The van der Waals surface area contributed by atoms with Gasteiger partial charge in [-0.1, -0.05) is 18.2 Å². The van der Waals surface area contributed by atoms with Gasteiger partial charge in [0.2, 0.25) is 10.0 Å². The van der Waals surface area contributed by atoms with E-state index in [2.05, 4.69) is 5.32 Å². The van der Waals surface area contributed by atoms with Gasteiger partial charge < -0.3 is 14.8 Å². The second-order valence-electron chi connectivity index (χ2n) is 6.56. The van der Waals surface area contributed by atoms with E-state index in [1.54, 1.807) is 7.11 Å². The molecule has 1 atom stereocenters. The number of ether oxygens (including phenoxy) is 2. The van der Waals surface area contributed by atoms with Crippen molar-refractivity contribution in [1.82, 2.24) is 4.31 Å². The smallest absolute Gasteiger partial charge is 0.270 e. The molecule has 0 spiro atoms. The second kappa shape index (κ2) is 8.76. The van der Waals surface area contributed by atoms with Crippen LogP contribution in [-0.4, -0.2) is 51.1 Å². The Kier molecular flexibility index (Phi) is 6.36. The summed E-state index contributed by atoms with van der Waals surface area (Å²) in [6, 6.07) is 10.9. The molecule has 1 unspecified atom stereocenters. The Morgan fingerprint density at radius 1 is 1.21 bits per heavy atom. The SMILES string of the molecule is COc1ccccc1C(C)Nc1ccc([N+](=O)[O-])cc1S(=O)(=O)N1CCOCC1. The van der Waals surface area contributed by atoms with Crippen LogP contribution < -0.4 is 10.1 Å². The number of methoxy groups -OCH3 is 1. The van der Waals surface area contributed by atoms with E-state index in [1.165, 1.54) is 16.4 Å². The lowest BCUT2D eigenvalue weighted by Crippen LogP contribution is -2.40. The van der Waals surface area contributed by atoms with Crippen molar-refractivity contribution >= 4 is 21.4 Å². The van der Waals surface area contributed by atoms with Crippen molar-refractivity contribution in [3.05, 3.63) is 58.1 Å². The first-order valence-corrected chi connectivity index (χ1v) is 10.5. The van der Waals surface area contributed by atoms with E-state index in [0.717, 1.165) is 11.6 Å². The quantitative estimate of drug-likeness (QED) is 0.540. The van der Waals surface area contributed by atoms with Crippen molar-refractivity contribution in [3.8, 4) is 5.75 Å². The predicted octanol–water partition coefficient (Wildman–Crippen LogP) is 2.80. The molecule has 2 aromatic rings. The van der Waals surface area contributed by atoms with Crippen LogP contribution in [0.25, 0.3) is 0 Å². The van der Waals surface area contributed by atoms with E-state index < -0.39 is 14.9 Å². The minimum absolute atomic E-state index is 0.129. The van der Waals surface area contributed by atoms with Gasteiger partial charge in [0.1, 0.15) is 10.6 Å². The molecule has 1 saturated heterocycles. The number of nitrogens with one attached hydrogen (secondary N) is 1. The van der Waals surface area contributed by atoms with Crippen molar-refractivity contribution in [2.24, 2.45) is 0 Å². The highest BCUT2D eigenvalue weighted by atomic mass is 32.2. The van der Waals surface area contributed by atoms with Gasteiger partial charge in [0.25, 0.3) is 5.69 Å². The molecule has 0 aromatic heterocycles. The molecule has 0 amide bonds. The molecule has 1 heterocycles. The van der Waals surface area contributed by atoms with Crippen molar-refractivity contribution < 1.29 is 22.8 Å². The maximum Gasteiger partial charge on any atom is 0.270 e. The third-order valence-corrected chi connectivity index (χ3v) is 6.68. The zero-order valence-corrected chi connectivity index (χ0v) is 17.0. The highest BCUT2D eigenvalue weighted by Crippen LogP contribution is 2.33. The Labute approximate surface area is 169 Å². The molecule has 0 saturated carbocycles. The first-order chi connectivity index (χ1) is 13.8. The highest BCUT2D eigenvalue weighted by molar-refractivity contribution is 7.89. The number of hydrogen-bond acceptors (Lipinski definition) is 7. The van der Waals surface area contributed by atoms with Gasteiger partial charge in [-0.25, -0.2) is 8.42 Å². The number of nitrogens with zero attached hydrogens (tertiary/aromatic N) is 2. The van der Waals surface area contributed by atoms with E-state index in [9.17, 15) is 18.5 Å². The largest absolute Gasteiger partial charge is 0.496 e.